The lowest BCUT2D eigenvalue weighted by atomic mass is 9.82. The summed E-state index contributed by atoms with van der Waals surface area (Å²) in [6.45, 7) is 5.29. The molecular weight excluding hydrogens is 416 g/mol. The molecule has 1 aromatic rings. The van der Waals surface area contributed by atoms with Gasteiger partial charge in [-0.25, -0.2) is 9.59 Å². The molecule has 29 heavy (non-hydrogen) atoms. The normalized spacial score (nSPS) is 21.4. The van der Waals surface area contributed by atoms with Gasteiger partial charge in [0.15, 0.2) is 0 Å². The zero-order valence-corrected chi connectivity index (χ0v) is 17.8. The number of nitrogens with two attached hydrogens (primary N) is 1. The highest BCUT2D eigenvalue weighted by molar-refractivity contribution is 8.04. The molecule has 2 aliphatic heterocycles. The summed E-state index contributed by atoms with van der Waals surface area (Å²) in [6, 6.07) is 6.85. The third-order valence-corrected chi connectivity index (χ3v) is 6.12. The molecule has 9 heteroatoms. The van der Waals surface area contributed by atoms with Crippen LogP contribution in [0.1, 0.15) is 32.3 Å². The average molecular weight is 437 g/mol. The van der Waals surface area contributed by atoms with Gasteiger partial charge < -0.3 is 15.2 Å². The number of hydrogen-bond donors (Lipinski definition) is 1. The van der Waals surface area contributed by atoms with Crippen molar-refractivity contribution in [1.29, 1.82) is 0 Å². The van der Waals surface area contributed by atoms with Gasteiger partial charge in [0.05, 0.1) is 40.6 Å². The predicted octanol–water partition coefficient (Wildman–Crippen LogP) is 2.91. The number of halogens is 1. The summed E-state index contributed by atoms with van der Waals surface area (Å²) in [6.07, 6.45) is 0. The SMILES string of the molecule is CCOC(=O)C1=C(N)N2C(=O)[C@H](C)SC2=C(C(=O)OCC)[C@@H]1c1ccccc1Cl. The fourth-order valence-corrected chi connectivity index (χ4v) is 4.77. The number of esters is 2. The first kappa shape index (κ1) is 21.3. The zero-order valence-electron chi connectivity index (χ0n) is 16.2. The van der Waals surface area contributed by atoms with Crippen LogP contribution in [0.5, 0.6) is 0 Å². The Hall–Kier alpha value is -2.45. The topological polar surface area (TPSA) is 98.9 Å². The molecule has 1 fully saturated rings. The van der Waals surface area contributed by atoms with Crippen LogP contribution in [0.4, 0.5) is 0 Å². The lowest BCUT2D eigenvalue weighted by molar-refractivity contribution is -0.139. The van der Waals surface area contributed by atoms with E-state index in [1.54, 1.807) is 45.0 Å². The molecule has 0 saturated carbocycles. The van der Waals surface area contributed by atoms with Crippen molar-refractivity contribution >= 4 is 41.2 Å². The molecule has 1 amide bonds. The van der Waals surface area contributed by atoms with Gasteiger partial charge in [0.25, 0.3) is 0 Å². The van der Waals surface area contributed by atoms with Crippen LogP contribution in [0.3, 0.4) is 0 Å². The van der Waals surface area contributed by atoms with E-state index in [1.807, 2.05) is 0 Å². The molecule has 2 atom stereocenters. The van der Waals surface area contributed by atoms with Crippen molar-refractivity contribution in [1.82, 2.24) is 4.90 Å². The van der Waals surface area contributed by atoms with E-state index in [0.29, 0.717) is 15.6 Å². The summed E-state index contributed by atoms with van der Waals surface area (Å²) in [4.78, 5) is 39.8. The van der Waals surface area contributed by atoms with Crippen molar-refractivity contribution in [3.63, 3.8) is 0 Å². The second-order valence-corrected chi connectivity index (χ2v) is 8.08. The molecule has 2 heterocycles. The number of carbonyl (C=O) groups is 3. The van der Waals surface area contributed by atoms with Gasteiger partial charge in [-0.2, -0.15) is 0 Å². The first-order valence-corrected chi connectivity index (χ1v) is 10.4. The molecule has 154 valence electrons. The number of nitrogens with zero attached hydrogens (tertiary/aromatic N) is 1. The second-order valence-electron chi connectivity index (χ2n) is 6.35. The first-order chi connectivity index (χ1) is 13.8. The molecule has 0 aliphatic carbocycles. The molecule has 3 rings (SSSR count). The Morgan fingerprint density at radius 3 is 2.31 bits per heavy atom. The third kappa shape index (κ3) is 3.62. The molecule has 7 nitrogen and oxygen atoms in total. The lowest BCUT2D eigenvalue weighted by Crippen LogP contribution is -2.40. The maximum Gasteiger partial charge on any atom is 0.338 e. The fourth-order valence-electron chi connectivity index (χ4n) is 3.37. The minimum atomic E-state index is -0.918. The molecule has 0 radical (unpaired) electrons. The Balaban J connectivity index is 2.32. The highest BCUT2D eigenvalue weighted by Gasteiger charge is 2.49. The third-order valence-electron chi connectivity index (χ3n) is 4.59. The van der Waals surface area contributed by atoms with E-state index >= 15 is 0 Å². The van der Waals surface area contributed by atoms with E-state index in [2.05, 4.69) is 0 Å². The maximum atomic E-state index is 13.0. The number of fused-ring (bicyclic) bond motifs is 1. The van der Waals surface area contributed by atoms with Crippen LogP contribution < -0.4 is 5.73 Å². The van der Waals surface area contributed by atoms with Crippen LogP contribution in [0, 0.1) is 0 Å². The summed E-state index contributed by atoms with van der Waals surface area (Å²) >= 11 is 7.62. The molecular formula is C20H21ClN2O5S. The van der Waals surface area contributed by atoms with Crippen molar-refractivity contribution in [3.8, 4) is 0 Å². The number of benzene rings is 1. The van der Waals surface area contributed by atoms with E-state index in [9.17, 15) is 14.4 Å². The van der Waals surface area contributed by atoms with Gasteiger partial charge in [0.2, 0.25) is 5.91 Å². The predicted molar refractivity (Wildman–Crippen MR) is 110 cm³/mol. The monoisotopic (exact) mass is 436 g/mol. The molecule has 2 aliphatic rings. The number of amides is 1. The fraction of sp³-hybridized carbons (Fsp3) is 0.350. The van der Waals surface area contributed by atoms with E-state index in [-0.39, 0.29) is 36.1 Å². The van der Waals surface area contributed by atoms with Crippen LogP contribution in [0.15, 0.2) is 46.3 Å². The molecule has 0 bridgehead atoms. The van der Waals surface area contributed by atoms with E-state index < -0.39 is 23.1 Å². The van der Waals surface area contributed by atoms with Crippen LogP contribution >= 0.6 is 23.4 Å². The highest BCUT2D eigenvalue weighted by atomic mass is 35.5. The second kappa shape index (κ2) is 8.51. The molecule has 1 aromatic carbocycles. The highest BCUT2D eigenvalue weighted by Crippen LogP contribution is 2.50. The minimum Gasteiger partial charge on any atom is -0.463 e. The number of hydrogen-bond acceptors (Lipinski definition) is 7. The minimum absolute atomic E-state index is 0.00481. The summed E-state index contributed by atoms with van der Waals surface area (Å²) in [5.41, 5.74) is 6.95. The summed E-state index contributed by atoms with van der Waals surface area (Å²) in [5, 5.41) is 0.239. The standard InChI is InChI=1S/C20H21ClN2O5S/c1-4-27-19(25)14-13(11-8-6-7-9-12(11)21)15(20(26)28-5-2)18-23(16(14)22)17(24)10(3)29-18/h6-10,13H,4-5,22H2,1-3H3/t10-,13+/m0/s1. The Kier molecular flexibility index (Phi) is 6.24. The Labute approximate surface area is 177 Å². The van der Waals surface area contributed by atoms with Crippen molar-refractivity contribution in [2.45, 2.75) is 31.9 Å². The van der Waals surface area contributed by atoms with Crippen molar-refractivity contribution in [2.75, 3.05) is 13.2 Å². The van der Waals surface area contributed by atoms with Gasteiger partial charge in [-0.1, -0.05) is 41.6 Å². The largest absolute Gasteiger partial charge is 0.463 e. The van der Waals surface area contributed by atoms with Gasteiger partial charge >= 0.3 is 11.9 Å². The first-order valence-electron chi connectivity index (χ1n) is 9.16. The van der Waals surface area contributed by atoms with E-state index in [4.69, 9.17) is 26.8 Å². The van der Waals surface area contributed by atoms with Gasteiger partial charge in [-0.3, -0.25) is 9.69 Å². The molecule has 0 unspecified atom stereocenters. The maximum absolute atomic E-state index is 13.0. The Bertz CT molecular complexity index is 943. The molecule has 0 spiro atoms. The quantitative estimate of drug-likeness (QED) is 0.708. The lowest BCUT2D eigenvalue weighted by Gasteiger charge is -2.33. The van der Waals surface area contributed by atoms with E-state index in [1.165, 1.54) is 16.7 Å². The van der Waals surface area contributed by atoms with Crippen molar-refractivity contribution in [2.24, 2.45) is 5.73 Å². The summed E-state index contributed by atoms with van der Waals surface area (Å²) < 4.78 is 10.5. The number of thioether (sulfide) groups is 1. The average Bonchev–Trinajstić information content (AvgIpc) is 2.97. The van der Waals surface area contributed by atoms with Crippen LogP contribution in [-0.2, 0) is 23.9 Å². The zero-order chi connectivity index (χ0) is 21.3. The molecule has 2 N–H and O–H groups in total. The van der Waals surface area contributed by atoms with Crippen LogP contribution in [0.2, 0.25) is 5.02 Å². The number of rotatable bonds is 5. The van der Waals surface area contributed by atoms with Gasteiger partial charge in [-0.05, 0) is 32.4 Å². The van der Waals surface area contributed by atoms with Gasteiger partial charge in [0.1, 0.15) is 5.82 Å². The van der Waals surface area contributed by atoms with Gasteiger partial charge in [0, 0.05) is 5.02 Å². The molecule has 0 aromatic heterocycles. The van der Waals surface area contributed by atoms with Crippen LogP contribution in [-0.4, -0.2) is 41.2 Å². The number of ether oxygens (including phenoxy) is 2. The van der Waals surface area contributed by atoms with E-state index in [0.717, 1.165) is 0 Å². The molecule has 1 saturated heterocycles. The van der Waals surface area contributed by atoms with Gasteiger partial charge in [-0.15, -0.1) is 0 Å². The summed E-state index contributed by atoms with van der Waals surface area (Å²) in [7, 11) is 0. The smallest absolute Gasteiger partial charge is 0.338 e. The summed E-state index contributed by atoms with van der Waals surface area (Å²) in [5.74, 6) is -2.64. The number of carbonyl (C=O) groups excluding carboxylic acids is 3. The van der Waals surface area contributed by atoms with Crippen molar-refractivity contribution < 1.29 is 23.9 Å². The Morgan fingerprint density at radius 2 is 1.72 bits per heavy atom. The van der Waals surface area contributed by atoms with Crippen LogP contribution in [0.25, 0.3) is 0 Å². The Morgan fingerprint density at radius 1 is 1.14 bits per heavy atom. The van der Waals surface area contributed by atoms with Crippen molar-refractivity contribution in [3.05, 3.63) is 56.8 Å².